The first kappa shape index (κ1) is 18.0. The van der Waals surface area contributed by atoms with Crippen LogP contribution in [0.25, 0.3) is 11.0 Å². The Balaban J connectivity index is 1.69. The lowest BCUT2D eigenvalue weighted by atomic mass is 10.1. The van der Waals surface area contributed by atoms with E-state index in [0.29, 0.717) is 16.2 Å². The molecular weight excluding hydrogens is 354 g/mol. The first-order valence-electron chi connectivity index (χ1n) is 8.08. The number of hydrogen-bond acceptors (Lipinski definition) is 4. The Labute approximate surface area is 155 Å². The number of furan rings is 1. The number of carbonyl (C=O) groups excluding carboxylic acids is 2. The van der Waals surface area contributed by atoms with Crippen molar-refractivity contribution in [3.63, 3.8) is 0 Å². The second-order valence-electron chi connectivity index (χ2n) is 6.09. The monoisotopic (exact) mass is 371 g/mol. The largest absolute Gasteiger partial charge is 0.450 e. The fourth-order valence-electron chi connectivity index (χ4n) is 2.77. The van der Waals surface area contributed by atoms with Gasteiger partial charge in [0.2, 0.25) is 5.76 Å². The van der Waals surface area contributed by atoms with Gasteiger partial charge >= 0.3 is 5.97 Å². The number of hydrogen-bond donors (Lipinski definition) is 1. The molecular formula is C20H18ClNO4. The second-order valence-corrected chi connectivity index (χ2v) is 6.52. The number of amides is 1. The maximum atomic E-state index is 12.3. The molecule has 134 valence electrons. The van der Waals surface area contributed by atoms with Gasteiger partial charge in [0.25, 0.3) is 5.91 Å². The van der Waals surface area contributed by atoms with Crippen molar-refractivity contribution in [1.29, 1.82) is 0 Å². The summed E-state index contributed by atoms with van der Waals surface area (Å²) in [4.78, 5) is 24.4. The van der Waals surface area contributed by atoms with Crippen LogP contribution >= 0.6 is 11.6 Å². The molecule has 0 atom stereocenters. The standard InChI is InChI=1S/C20H18ClNO4/c1-11-5-4-6-12(2)18(11)22-17(23)10-25-20(24)19-13(3)15-9-14(21)7-8-16(15)26-19/h4-9H,10H2,1-3H3,(H,22,23). The van der Waals surface area contributed by atoms with E-state index >= 15 is 0 Å². The third kappa shape index (κ3) is 3.58. The third-order valence-electron chi connectivity index (χ3n) is 4.16. The Morgan fingerprint density at radius 2 is 1.81 bits per heavy atom. The van der Waals surface area contributed by atoms with Gasteiger partial charge in [-0.3, -0.25) is 4.79 Å². The average molecular weight is 372 g/mol. The summed E-state index contributed by atoms with van der Waals surface area (Å²) in [5.74, 6) is -1.03. The van der Waals surface area contributed by atoms with Crippen molar-refractivity contribution in [3.05, 3.63) is 63.9 Å². The Kier molecular flexibility index (Phi) is 5.00. The quantitative estimate of drug-likeness (QED) is 0.668. The van der Waals surface area contributed by atoms with Crippen LogP contribution < -0.4 is 5.32 Å². The van der Waals surface area contributed by atoms with E-state index in [1.807, 2.05) is 32.0 Å². The maximum absolute atomic E-state index is 12.3. The first-order chi connectivity index (χ1) is 12.4. The van der Waals surface area contributed by atoms with Gasteiger partial charge in [-0.15, -0.1) is 0 Å². The van der Waals surface area contributed by atoms with Gasteiger partial charge in [-0.2, -0.15) is 0 Å². The van der Waals surface area contributed by atoms with Crippen LogP contribution in [0.1, 0.15) is 27.2 Å². The van der Waals surface area contributed by atoms with Crippen LogP contribution in [-0.4, -0.2) is 18.5 Å². The normalized spacial score (nSPS) is 10.8. The van der Waals surface area contributed by atoms with E-state index in [4.69, 9.17) is 20.8 Å². The van der Waals surface area contributed by atoms with E-state index in [1.165, 1.54) is 0 Å². The molecule has 0 aliphatic carbocycles. The fraction of sp³-hybridized carbons (Fsp3) is 0.200. The molecule has 6 heteroatoms. The summed E-state index contributed by atoms with van der Waals surface area (Å²) in [5, 5.41) is 4.06. The van der Waals surface area contributed by atoms with Crippen molar-refractivity contribution in [2.45, 2.75) is 20.8 Å². The zero-order chi connectivity index (χ0) is 18.8. The minimum Gasteiger partial charge on any atom is -0.450 e. The predicted octanol–water partition coefficient (Wildman–Crippen LogP) is 4.81. The van der Waals surface area contributed by atoms with Crippen LogP contribution in [-0.2, 0) is 9.53 Å². The number of para-hydroxylation sites is 1. The minimum absolute atomic E-state index is 0.0714. The van der Waals surface area contributed by atoms with Gasteiger partial charge in [-0.25, -0.2) is 4.79 Å². The van der Waals surface area contributed by atoms with Gasteiger partial charge in [-0.1, -0.05) is 29.8 Å². The number of benzene rings is 2. The first-order valence-corrected chi connectivity index (χ1v) is 8.46. The van der Waals surface area contributed by atoms with Crippen molar-refractivity contribution in [1.82, 2.24) is 0 Å². The molecule has 0 saturated heterocycles. The molecule has 0 unspecified atom stereocenters. The van der Waals surface area contributed by atoms with E-state index in [2.05, 4.69) is 5.32 Å². The lowest BCUT2D eigenvalue weighted by molar-refractivity contribution is -0.119. The molecule has 0 bridgehead atoms. The molecule has 0 saturated carbocycles. The summed E-state index contributed by atoms with van der Waals surface area (Å²) >= 11 is 5.97. The fourth-order valence-corrected chi connectivity index (χ4v) is 2.94. The van der Waals surface area contributed by atoms with Gasteiger partial charge in [0, 0.05) is 21.7 Å². The van der Waals surface area contributed by atoms with Crippen molar-refractivity contribution >= 4 is 40.1 Å². The highest BCUT2D eigenvalue weighted by Crippen LogP contribution is 2.28. The predicted molar refractivity (Wildman–Crippen MR) is 101 cm³/mol. The highest BCUT2D eigenvalue weighted by Gasteiger charge is 2.20. The van der Waals surface area contributed by atoms with Gasteiger partial charge in [0.1, 0.15) is 5.58 Å². The molecule has 1 N–H and O–H groups in total. The van der Waals surface area contributed by atoms with Crippen molar-refractivity contribution < 1.29 is 18.7 Å². The number of rotatable bonds is 4. The zero-order valence-electron chi connectivity index (χ0n) is 14.7. The molecule has 5 nitrogen and oxygen atoms in total. The van der Waals surface area contributed by atoms with Gasteiger partial charge in [0.15, 0.2) is 6.61 Å². The molecule has 0 aliphatic rings. The second kappa shape index (κ2) is 7.22. The smallest absolute Gasteiger partial charge is 0.375 e. The highest BCUT2D eigenvalue weighted by molar-refractivity contribution is 6.31. The molecule has 3 rings (SSSR count). The Bertz CT molecular complexity index is 986. The molecule has 0 fully saturated rings. The molecule has 3 aromatic rings. The summed E-state index contributed by atoms with van der Waals surface area (Å²) < 4.78 is 10.6. The number of aryl methyl sites for hydroxylation is 3. The van der Waals surface area contributed by atoms with E-state index in [9.17, 15) is 9.59 Å². The maximum Gasteiger partial charge on any atom is 0.375 e. The molecule has 1 aromatic heterocycles. The number of anilines is 1. The van der Waals surface area contributed by atoms with Crippen LogP contribution in [0.2, 0.25) is 5.02 Å². The van der Waals surface area contributed by atoms with Crippen LogP contribution in [0.15, 0.2) is 40.8 Å². The van der Waals surface area contributed by atoms with E-state index in [-0.39, 0.29) is 5.76 Å². The van der Waals surface area contributed by atoms with Gasteiger partial charge in [0.05, 0.1) is 0 Å². The zero-order valence-corrected chi connectivity index (χ0v) is 15.4. The summed E-state index contributed by atoms with van der Waals surface area (Å²) in [6, 6.07) is 10.8. The van der Waals surface area contributed by atoms with Crippen LogP contribution in [0, 0.1) is 20.8 Å². The lowest BCUT2D eigenvalue weighted by Crippen LogP contribution is -2.22. The summed E-state index contributed by atoms with van der Waals surface area (Å²) in [6.45, 7) is 5.15. The number of esters is 1. The molecule has 2 aromatic carbocycles. The van der Waals surface area contributed by atoms with Crippen LogP contribution in [0.3, 0.4) is 0 Å². The van der Waals surface area contributed by atoms with Crippen LogP contribution in [0.5, 0.6) is 0 Å². The number of nitrogens with one attached hydrogen (secondary N) is 1. The van der Waals surface area contributed by atoms with Crippen molar-refractivity contribution in [2.24, 2.45) is 0 Å². The summed E-state index contributed by atoms with van der Waals surface area (Å²) in [6.07, 6.45) is 0. The summed E-state index contributed by atoms with van der Waals surface area (Å²) in [5.41, 5.74) is 3.77. The van der Waals surface area contributed by atoms with Crippen molar-refractivity contribution in [3.8, 4) is 0 Å². The molecule has 0 radical (unpaired) electrons. The van der Waals surface area contributed by atoms with Crippen LogP contribution in [0.4, 0.5) is 5.69 Å². The summed E-state index contributed by atoms with van der Waals surface area (Å²) in [7, 11) is 0. The van der Waals surface area contributed by atoms with E-state index in [1.54, 1.807) is 25.1 Å². The van der Waals surface area contributed by atoms with E-state index < -0.39 is 18.5 Å². The van der Waals surface area contributed by atoms with Gasteiger partial charge in [-0.05, 0) is 50.1 Å². The molecule has 0 spiro atoms. The number of ether oxygens (including phenoxy) is 1. The van der Waals surface area contributed by atoms with E-state index in [0.717, 1.165) is 22.2 Å². The average Bonchev–Trinajstić information content (AvgIpc) is 2.93. The molecule has 0 aliphatic heterocycles. The SMILES string of the molecule is Cc1cccc(C)c1NC(=O)COC(=O)c1oc2ccc(Cl)cc2c1C. The van der Waals surface area contributed by atoms with Gasteiger partial charge < -0.3 is 14.5 Å². The molecule has 26 heavy (non-hydrogen) atoms. The topological polar surface area (TPSA) is 68.5 Å². The Morgan fingerprint density at radius 1 is 1.12 bits per heavy atom. The molecule has 1 heterocycles. The van der Waals surface area contributed by atoms with Crippen molar-refractivity contribution in [2.75, 3.05) is 11.9 Å². The third-order valence-corrected chi connectivity index (χ3v) is 4.40. The Morgan fingerprint density at radius 3 is 2.50 bits per heavy atom. The highest BCUT2D eigenvalue weighted by atomic mass is 35.5. The lowest BCUT2D eigenvalue weighted by Gasteiger charge is -2.11. The number of fused-ring (bicyclic) bond motifs is 1. The number of carbonyl (C=O) groups is 2. The Hall–Kier alpha value is -2.79. The molecule has 1 amide bonds. The minimum atomic E-state index is -0.688. The number of halogens is 1.